The van der Waals surface area contributed by atoms with Gasteiger partial charge in [0.1, 0.15) is 10.6 Å². The van der Waals surface area contributed by atoms with Gasteiger partial charge < -0.3 is 10.1 Å². The minimum Gasteiger partial charge on any atom is -0.495 e. The van der Waals surface area contributed by atoms with Gasteiger partial charge in [0.15, 0.2) is 0 Å². The molecule has 0 saturated heterocycles. The Hall–Kier alpha value is -1.76. The molecule has 136 valence electrons. The highest BCUT2D eigenvalue weighted by molar-refractivity contribution is 7.93. The zero-order chi connectivity index (χ0) is 17.3. The van der Waals surface area contributed by atoms with Crippen molar-refractivity contribution >= 4 is 28.1 Å². The number of sulfonamides is 1. The first-order valence-electron chi connectivity index (χ1n) is 7.91. The van der Waals surface area contributed by atoms with Gasteiger partial charge in [0.25, 0.3) is 10.0 Å². The summed E-state index contributed by atoms with van der Waals surface area (Å²) >= 11 is 0. The van der Waals surface area contributed by atoms with Gasteiger partial charge in [-0.15, -0.1) is 12.4 Å². The molecule has 1 aliphatic rings. The van der Waals surface area contributed by atoms with Crippen molar-refractivity contribution in [1.82, 2.24) is 5.32 Å². The first-order valence-corrected chi connectivity index (χ1v) is 9.36. The summed E-state index contributed by atoms with van der Waals surface area (Å²) < 4.78 is 33.7. The molecule has 7 heteroatoms. The fraction of sp³-hybridized carbons (Fsp3) is 0.333. The van der Waals surface area contributed by atoms with E-state index in [9.17, 15) is 8.42 Å². The number of hydrogen-bond acceptors (Lipinski definition) is 4. The van der Waals surface area contributed by atoms with Crippen LogP contribution in [0.4, 0.5) is 5.69 Å². The maximum atomic E-state index is 13.4. The summed E-state index contributed by atoms with van der Waals surface area (Å²) in [6, 6.07) is 11.2. The van der Waals surface area contributed by atoms with Gasteiger partial charge in [0.2, 0.25) is 0 Å². The predicted octanol–water partition coefficient (Wildman–Crippen LogP) is 3.03. The average molecular weight is 383 g/mol. The maximum Gasteiger partial charge on any atom is 0.268 e. The smallest absolute Gasteiger partial charge is 0.268 e. The van der Waals surface area contributed by atoms with Crippen LogP contribution in [0.5, 0.6) is 5.75 Å². The number of fused-ring (bicyclic) bond motifs is 1. The van der Waals surface area contributed by atoms with Gasteiger partial charge >= 0.3 is 0 Å². The van der Waals surface area contributed by atoms with E-state index in [1.807, 2.05) is 44.2 Å². The van der Waals surface area contributed by atoms with E-state index in [-0.39, 0.29) is 17.3 Å². The Balaban J connectivity index is 0.00000225. The van der Waals surface area contributed by atoms with E-state index in [4.69, 9.17) is 4.74 Å². The standard InChI is InChI=1S/C18H22N2O3S.ClH/c1-13-10-14(2)18(23-3)17(11-13)24(21,22)20-9-8-19-12-15-6-4-5-7-16(15)20;/h4-7,10-11,19H,8-9,12H2,1-3H3;1H. The first-order chi connectivity index (χ1) is 11.4. The molecule has 0 aromatic heterocycles. The second-order valence-electron chi connectivity index (χ2n) is 6.00. The molecule has 0 unspecified atom stereocenters. The number of benzene rings is 2. The third-order valence-electron chi connectivity index (χ3n) is 4.22. The number of rotatable bonds is 3. The van der Waals surface area contributed by atoms with E-state index >= 15 is 0 Å². The Bertz CT molecular complexity index is 869. The van der Waals surface area contributed by atoms with Crippen LogP contribution in [0.3, 0.4) is 0 Å². The molecule has 2 aromatic carbocycles. The van der Waals surface area contributed by atoms with Gasteiger partial charge in [0, 0.05) is 19.6 Å². The summed E-state index contributed by atoms with van der Waals surface area (Å²) in [5.74, 6) is 0.412. The lowest BCUT2D eigenvalue weighted by Gasteiger charge is -2.25. The molecular formula is C18H23ClN2O3S. The highest BCUT2D eigenvalue weighted by Gasteiger charge is 2.31. The second kappa shape index (κ2) is 7.64. The number of para-hydroxylation sites is 1. The van der Waals surface area contributed by atoms with Gasteiger partial charge in [-0.05, 0) is 42.7 Å². The van der Waals surface area contributed by atoms with Crippen LogP contribution in [0.2, 0.25) is 0 Å². The van der Waals surface area contributed by atoms with Gasteiger partial charge in [-0.1, -0.05) is 24.3 Å². The molecule has 25 heavy (non-hydrogen) atoms. The molecule has 1 heterocycles. The molecule has 0 bridgehead atoms. The third kappa shape index (κ3) is 3.61. The van der Waals surface area contributed by atoms with Crippen LogP contribution in [0.1, 0.15) is 16.7 Å². The minimum absolute atomic E-state index is 0. The van der Waals surface area contributed by atoms with Crippen molar-refractivity contribution < 1.29 is 13.2 Å². The van der Waals surface area contributed by atoms with Crippen molar-refractivity contribution in [2.24, 2.45) is 0 Å². The molecule has 5 nitrogen and oxygen atoms in total. The van der Waals surface area contributed by atoms with Crippen molar-refractivity contribution in [3.8, 4) is 5.75 Å². The van der Waals surface area contributed by atoms with E-state index in [1.165, 1.54) is 11.4 Å². The quantitative estimate of drug-likeness (QED) is 0.886. The Morgan fingerprint density at radius 3 is 2.60 bits per heavy atom. The maximum absolute atomic E-state index is 13.4. The zero-order valence-electron chi connectivity index (χ0n) is 14.6. The average Bonchev–Trinajstić information content (AvgIpc) is 2.77. The molecule has 0 amide bonds. The van der Waals surface area contributed by atoms with Crippen LogP contribution in [0.25, 0.3) is 0 Å². The molecule has 0 radical (unpaired) electrons. The topological polar surface area (TPSA) is 58.6 Å². The van der Waals surface area contributed by atoms with E-state index in [0.717, 1.165) is 22.4 Å². The summed E-state index contributed by atoms with van der Waals surface area (Å²) in [5, 5.41) is 3.27. The minimum atomic E-state index is -3.72. The summed E-state index contributed by atoms with van der Waals surface area (Å²) in [7, 11) is -2.21. The summed E-state index contributed by atoms with van der Waals surface area (Å²) in [4.78, 5) is 0.221. The molecule has 0 aliphatic carbocycles. The van der Waals surface area contributed by atoms with Crippen LogP contribution in [0, 0.1) is 13.8 Å². The van der Waals surface area contributed by atoms with Crippen LogP contribution >= 0.6 is 12.4 Å². The number of halogens is 1. The Morgan fingerprint density at radius 2 is 1.88 bits per heavy atom. The zero-order valence-corrected chi connectivity index (χ0v) is 16.2. The van der Waals surface area contributed by atoms with Crippen molar-refractivity contribution in [3.05, 3.63) is 53.1 Å². The number of methoxy groups -OCH3 is 1. The van der Waals surface area contributed by atoms with Crippen molar-refractivity contribution in [2.75, 3.05) is 24.5 Å². The van der Waals surface area contributed by atoms with Crippen LogP contribution in [-0.4, -0.2) is 28.6 Å². The number of ether oxygens (including phenoxy) is 1. The van der Waals surface area contributed by atoms with Gasteiger partial charge in [-0.3, -0.25) is 4.31 Å². The van der Waals surface area contributed by atoms with Crippen molar-refractivity contribution in [3.63, 3.8) is 0 Å². The van der Waals surface area contributed by atoms with E-state index in [0.29, 0.717) is 25.4 Å². The Labute approximate surface area is 155 Å². The Kier molecular flexibility index (Phi) is 5.98. The molecular weight excluding hydrogens is 360 g/mol. The molecule has 0 atom stereocenters. The lowest BCUT2D eigenvalue weighted by molar-refractivity contribution is 0.399. The lowest BCUT2D eigenvalue weighted by Crippen LogP contribution is -2.35. The SMILES string of the molecule is COc1c(C)cc(C)cc1S(=O)(=O)N1CCNCc2ccccc21.Cl. The van der Waals surface area contributed by atoms with Gasteiger partial charge in [-0.25, -0.2) is 8.42 Å². The number of anilines is 1. The number of nitrogens with zero attached hydrogens (tertiary/aromatic N) is 1. The largest absolute Gasteiger partial charge is 0.495 e. The lowest BCUT2D eigenvalue weighted by atomic mass is 10.1. The van der Waals surface area contributed by atoms with Crippen molar-refractivity contribution in [1.29, 1.82) is 0 Å². The second-order valence-corrected chi connectivity index (χ2v) is 7.83. The fourth-order valence-electron chi connectivity index (χ4n) is 3.16. The highest BCUT2D eigenvalue weighted by Crippen LogP contribution is 2.35. The molecule has 0 saturated carbocycles. The predicted molar refractivity (Wildman–Crippen MR) is 102 cm³/mol. The first kappa shape index (κ1) is 19.6. The van der Waals surface area contributed by atoms with E-state index in [1.54, 1.807) is 6.07 Å². The van der Waals surface area contributed by atoms with Gasteiger partial charge in [-0.2, -0.15) is 0 Å². The molecule has 2 aromatic rings. The summed E-state index contributed by atoms with van der Waals surface area (Å²) in [6.45, 7) is 5.40. The Morgan fingerprint density at radius 1 is 1.16 bits per heavy atom. The fourth-order valence-corrected chi connectivity index (χ4v) is 4.98. The summed E-state index contributed by atoms with van der Waals surface area (Å²) in [6.07, 6.45) is 0. The normalized spacial score (nSPS) is 14.3. The number of aryl methyl sites for hydroxylation is 2. The van der Waals surface area contributed by atoms with Crippen LogP contribution < -0.4 is 14.4 Å². The molecule has 3 rings (SSSR count). The molecule has 1 N–H and O–H groups in total. The number of nitrogens with one attached hydrogen (secondary N) is 1. The van der Waals surface area contributed by atoms with Crippen molar-refractivity contribution in [2.45, 2.75) is 25.3 Å². The molecule has 1 aliphatic heterocycles. The monoisotopic (exact) mass is 382 g/mol. The highest BCUT2D eigenvalue weighted by atomic mass is 35.5. The van der Waals surface area contributed by atoms with E-state index in [2.05, 4.69) is 5.32 Å². The number of hydrogen-bond donors (Lipinski definition) is 1. The van der Waals surface area contributed by atoms with Gasteiger partial charge in [0.05, 0.1) is 12.8 Å². The van der Waals surface area contributed by atoms with E-state index < -0.39 is 10.0 Å². The molecule has 0 spiro atoms. The molecule has 0 fully saturated rings. The van der Waals surface area contributed by atoms with Crippen LogP contribution in [-0.2, 0) is 16.6 Å². The third-order valence-corrected chi connectivity index (χ3v) is 6.04. The summed E-state index contributed by atoms with van der Waals surface area (Å²) in [5.41, 5.74) is 3.41. The van der Waals surface area contributed by atoms with Crippen LogP contribution in [0.15, 0.2) is 41.3 Å².